The fourth-order valence-corrected chi connectivity index (χ4v) is 1.21. The van der Waals surface area contributed by atoms with E-state index in [4.69, 9.17) is 14.9 Å². The number of nitriles is 2. The van der Waals surface area contributed by atoms with Crippen LogP contribution in [-0.4, -0.2) is 4.98 Å². The van der Waals surface area contributed by atoms with Crippen LogP contribution in [-0.2, 0) is 0 Å². The average molecular weight is 194 g/mol. The van der Waals surface area contributed by atoms with Crippen LogP contribution in [0.15, 0.2) is 28.8 Å². The average Bonchev–Trinajstić information content (AvgIpc) is 2.81. The second-order valence-electron chi connectivity index (χ2n) is 2.77. The third-order valence-corrected chi connectivity index (χ3v) is 1.89. The van der Waals surface area contributed by atoms with Gasteiger partial charge in [-0.2, -0.15) is 10.5 Å². The van der Waals surface area contributed by atoms with Crippen LogP contribution in [0, 0.1) is 28.9 Å². The Labute approximate surface area is 86.0 Å². The zero-order chi connectivity index (χ0) is 10.7. The van der Waals surface area contributed by atoms with Crippen molar-refractivity contribution in [1.82, 2.24) is 4.98 Å². The Balaban J connectivity index is 2.65. The Kier molecular flexibility index (Phi) is 2.19. The van der Waals surface area contributed by atoms with Gasteiger partial charge in [-0.05, 0) is 18.2 Å². The predicted octanol–water partition coefficient (Wildman–Crippen LogP) is 1.89. The quantitative estimate of drug-likeness (QED) is 0.694. The van der Waals surface area contributed by atoms with Gasteiger partial charge in [-0.25, -0.2) is 4.98 Å². The molecule has 1 aromatic carbocycles. The van der Waals surface area contributed by atoms with E-state index in [1.54, 1.807) is 18.2 Å². The maximum absolute atomic E-state index is 8.87. The van der Waals surface area contributed by atoms with Crippen LogP contribution in [0.4, 0.5) is 0 Å². The molecular weight excluding hydrogens is 190 g/mol. The number of aromatic nitrogens is 1. The zero-order valence-corrected chi connectivity index (χ0v) is 7.56. The first kappa shape index (κ1) is 8.98. The van der Waals surface area contributed by atoms with Gasteiger partial charge in [-0.3, -0.25) is 0 Å². The van der Waals surface area contributed by atoms with Crippen molar-refractivity contribution in [1.29, 1.82) is 10.5 Å². The molecule has 0 fully saturated rings. The summed E-state index contributed by atoms with van der Waals surface area (Å²) >= 11 is 0. The minimum atomic E-state index is 0.295. The fraction of sp³-hybridized carbons (Fsp3) is 0. The molecule has 0 aliphatic rings. The molecule has 4 heteroatoms. The van der Waals surface area contributed by atoms with Gasteiger partial charge >= 0.3 is 0 Å². The topological polar surface area (TPSA) is 73.6 Å². The lowest BCUT2D eigenvalue weighted by atomic mass is 10.1. The molecule has 0 atom stereocenters. The van der Waals surface area contributed by atoms with Crippen molar-refractivity contribution in [3.05, 3.63) is 41.8 Å². The van der Waals surface area contributed by atoms with Crippen LogP contribution in [0.1, 0.15) is 11.1 Å². The molecule has 0 unspecified atom stereocenters. The van der Waals surface area contributed by atoms with E-state index in [0.717, 1.165) is 0 Å². The fourth-order valence-electron chi connectivity index (χ4n) is 1.21. The van der Waals surface area contributed by atoms with Crippen molar-refractivity contribution >= 4 is 0 Å². The van der Waals surface area contributed by atoms with Gasteiger partial charge in [0.2, 0.25) is 5.89 Å². The lowest BCUT2D eigenvalue weighted by Crippen LogP contribution is -1.86. The summed E-state index contributed by atoms with van der Waals surface area (Å²) in [5.41, 5.74) is 1.39. The summed E-state index contributed by atoms with van der Waals surface area (Å²) in [4.78, 5) is 3.89. The lowest BCUT2D eigenvalue weighted by Gasteiger charge is -1.98. The molecule has 15 heavy (non-hydrogen) atoms. The highest BCUT2D eigenvalue weighted by atomic mass is 16.3. The molecule has 0 bridgehead atoms. The summed E-state index contributed by atoms with van der Waals surface area (Å²) in [5.74, 6) is 0.295. The minimum Gasteiger partial charge on any atom is -0.433 e. The third-order valence-electron chi connectivity index (χ3n) is 1.89. The molecule has 0 saturated heterocycles. The molecule has 2 aromatic rings. The number of rotatable bonds is 1. The SMILES string of the molecule is N#Cc1ccc(C#N)c(-c2nc[c]o2)c1. The summed E-state index contributed by atoms with van der Waals surface area (Å²) in [6.07, 6.45) is 3.81. The first-order valence-corrected chi connectivity index (χ1v) is 4.11. The molecule has 0 aliphatic carbocycles. The zero-order valence-electron chi connectivity index (χ0n) is 7.56. The van der Waals surface area contributed by atoms with E-state index >= 15 is 0 Å². The second-order valence-corrected chi connectivity index (χ2v) is 2.77. The highest BCUT2D eigenvalue weighted by Crippen LogP contribution is 2.22. The number of oxazole rings is 1. The van der Waals surface area contributed by atoms with Crippen LogP contribution in [0.5, 0.6) is 0 Å². The van der Waals surface area contributed by atoms with Crippen LogP contribution < -0.4 is 0 Å². The van der Waals surface area contributed by atoms with E-state index in [0.29, 0.717) is 22.6 Å². The summed E-state index contributed by atoms with van der Waals surface area (Å²) < 4.78 is 4.96. The minimum absolute atomic E-state index is 0.295. The van der Waals surface area contributed by atoms with Crippen molar-refractivity contribution in [3.8, 4) is 23.6 Å². The van der Waals surface area contributed by atoms with Crippen molar-refractivity contribution in [2.45, 2.75) is 0 Å². The Morgan fingerprint density at radius 3 is 2.73 bits per heavy atom. The molecule has 0 aliphatic heterocycles. The third kappa shape index (κ3) is 1.56. The Morgan fingerprint density at radius 1 is 1.27 bits per heavy atom. The molecule has 1 heterocycles. The van der Waals surface area contributed by atoms with Crippen LogP contribution >= 0.6 is 0 Å². The highest BCUT2D eigenvalue weighted by molar-refractivity contribution is 5.65. The van der Waals surface area contributed by atoms with Crippen LogP contribution in [0.3, 0.4) is 0 Å². The smallest absolute Gasteiger partial charge is 0.228 e. The first-order chi connectivity index (χ1) is 7.35. The van der Waals surface area contributed by atoms with E-state index < -0.39 is 0 Å². The second kappa shape index (κ2) is 3.65. The highest BCUT2D eigenvalue weighted by Gasteiger charge is 2.09. The maximum atomic E-state index is 8.87. The van der Waals surface area contributed by atoms with E-state index in [1.165, 1.54) is 6.20 Å². The summed E-state index contributed by atoms with van der Waals surface area (Å²) in [7, 11) is 0. The van der Waals surface area contributed by atoms with E-state index in [1.807, 2.05) is 12.1 Å². The molecular formula is C11H4N3O. The van der Waals surface area contributed by atoms with Crippen molar-refractivity contribution < 1.29 is 4.42 Å². The van der Waals surface area contributed by atoms with Gasteiger partial charge in [0, 0.05) is 0 Å². The van der Waals surface area contributed by atoms with Gasteiger partial charge in [0.25, 0.3) is 0 Å². The van der Waals surface area contributed by atoms with E-state index in [2.05, 4.69) is 11.2 Å². The molecule has 0 N–H and O–H groups in total. The Morgan fingerprint density at radius 2 is 2.13 bits per heavy atom. The van der Waals surface area contributed by atoms with Gasteiger partial charge < -0.3 is 4.42 Å². The number of hydrogen-bond donors (Lipinski definition) is 0. The van der Waals surface area contributed by atoms with Gasteiger partial charge in [0.05, 0.1) is 35.0 Å². The normalized spacial score (nSPS) is 9.20. The van der Waals surface area contributed by atoms with Gasteiger partial charge in [-0.15, -0.1) is 0 Å². The first-order valence-electron chi connectivity index (χ1n) is 4.11. The summed E-state index contributed by atoms with van der Waals surface area (Å²) in [6.45, 7) is 0. The van der Waals surface area contributed by atoms with Gasteiger partial charge in [-0.1, -0.05) is 0 Å². The van der Waals surface area contributed by atoms with E-state index in [9.17, 15) is 0 Å². The lowest BCUT2D eigenvalue weighted by molar-refractivity contribution is 0.565. The van der Waals surface area contributed by atoms with Crippen LogP contribution in [0.25, 0.3) is 11.5 Å². The molecule has 0 amide bonds. The predicted molar refractivity (Wildman–Crippen MR) is 50.2 cm³/mol. The molecule has 1 aromatic heterocycles. The van der Waals surface area contributed by atoms with Crippen molar-refractivity contribution in [2.75, 3.05) is 0 Å². The summed E-state index contributed by atoms with van der Waals surface area (Å²) in [5, 5.41) is 17.6. The van der Waals surface area contributed by atoms with Crippen LogP contribution in [0.2, 0.25) is 0 Å². The van der Waals surface area contributed by atoms with Crippen molar-refractivity contribution in [3.63, 3.8) is 0 Å². The summed E-state index contributed by atoms with van der Waals surface area (Å²) in [6, 6.07) is 8.72. The maximum Gasteiger partial charge on any atom is 0.228 e. The molecule has 0 saturated carbocycles. The molecule has 2 rings (SSSR count). The molecule has 0 spiro atoms. The van der Waals surface area contributed by atoms with Gasteiger partial charge in [0.15, 0.2) is 6.26 Å². The van der Waals surface area contributed by atoms with Crippen molar-refractivity contribution in [2.24, 2.45) is 0 Å². The Bertz CT molecular complexity index is 559. The molecule has 69 valence electrons. The Hall–Kier alpha value is -2.59. The molecule has 1 radical (unpaired) electrons. The number of nitrogens with zero attached hydrogens (tertiary/aromatic N) is 3. The largest absolute Gasteiger partial charge is 0.433 e. The standard InChI is InChI=1S/C11H4N3O/c12-6-8-1-2-9(7-13)10(5-8)11-14-3-4-15-11/h1-3,5H. The molecule has 4 nitrogen and oxygen atoms in total. The number of benzene rings is 1. The monoisotopic (exact) mass is 194 g/mol. The van der Waals surface area contributed by atoms with Gasteiger partial charge in [0.1, 0.15) is 0 Å². The number of hydrogen-bond acceptors (Lipinski definition) is 4. The van der Waals surface area contributed by atoms with E-state index in [-0.39, 0.29) is 0 Å².